The highest BCUT2D eigenvalue weighted by atomic mass is 35.5. The Kier molecular flexibility index (Phi) is 5.59. The molecule has 158 valence electrons. The summed E-state index contributed by atoms with van der Waals surface area (Å²) in [7, 11) is 0. The molecule has 6 nitrogen and oxygen atoms in total. The van der Waals surface area contributed by atoms with Gasteiger partial charge in [-0.1, -0.05) is 23.7 Å². The van der Waals surface area contributed by atoms with Crippen molar-refractivity contribution in [1.29, 1.82) is 0 Å². The number of nitrogens with one attached hydrogen (secondary N) is 1. The van der Waals surface area contributed by atoms with Crippen LogP contribution in [0.5, 0.6) is 11.5 Å². The number of para-hydroxylation sites is 2. The van der Waals surface area contributed by atoms with E-state index in [1.54, 1.807) is 24.8 Å². The van der Waals surface area contributed by atoms with Crippen LogP contribution < -0.4 is 19.7 Å². The molecule has 1 N–H and O–H groups in total. The van der Waals surface area contributed by atoms with Gasteiger partial charge in [-0.2, -0.15) is 0 Å². The lowest BCUT2D eigenvalue weighted by Crippen LogP contribution is -2.60. The lowest BCUT2D eigenvalue weighted by molar-refractivity contribution is -0.126. The summed E-state index contributed by atoms with van der Waals surface area (Å²) >= 11 is 7.81. The first-order valence-electron chi connectivity index (χ1n) is 9.73. The minimum Gasteiger partial charge on any atom is -0.486 e. The molecule has 30 heavy (non-hydrogen) atoms. The van der Waals surface area contributed by atoms with Gasteiger partial charge in [0, 0.05) is 5.75 Å². The molecule has 0 saturated carbocycles. The van der Waals surface area contributed by atoms with E-state index in [1.807, 2.05) is 37.3 Å². The molecular formula is C22H23ClN2O4S. The van der Waals surface area contributed by atoms with Crippen molar-refractivity contribution in [2.45, 2.75) is 37.3 Å². The van der Waals surface area contributed by atoms with Gasteiger partial charge in [-0.3, -0.25) is 14.5 Å². The number of carbonyl (C=O) groups is 2. The second kappa shape index (κ2) is 8.04. The fourth-order valence-electron chi connectivity index (χ4n) is 3.57. The molecule has 0 aliphatic carbocycles. The number of carbonyl (C=O) groups excluding carboxylic acids is 2. The summed E-state index contributed by atoms with van der Waals surface area (Å²) in [5.74, 6) is 1.46. The number of ether oxygens (including phenoxy) is 2. The maximum absolute atomic E-state index is 13.4. The van der Waals surface area contributed by atoms with E-state index in [-0.39, 0.29) is 17.1 Å². The summed E-state index contributed by atoms with van der Waals surface area (Å²) < 4.78 is 11.2. The van der Waals surface area contributed by atoms with Crippen LogP contribution >= 0.6 is 23.4 Å². The highest BCUT2D eigenvalue weighted by molar-refractivity contribution is 7.99. The quantitative estimate of drug-likeness (QED) is 0.749. The number of hydrogen-bond acceptors (Lipinski definition) is 5. The van der Waals surface area contributed by atoms with Gasteiger partial charge in [-0.25, -0.2) is 0 Å². The van der Waals surface area contributed by atoms with Gasteiger partial charge in [0.15, 0.2) is 11.5 Å². The normalized spacial score (nSPS) is 17.7. The van der Waals surface area contributed by atoms with Crippen molar-refractivity contribution in [3.63, 3.8) is 0 Å². The first-order valence-corrected chi connectivity index (χ1v) is 11.2. The third-order valence-corrected chi connectivity index (χ3v) is 6.71. The molecular weight excluding hydrogens is 424 g/mol. The number of hydrogen-bond donors (Lipinski definition) is 1. The maximum Gasteiger partial charge on any atom is 0.250 e. The third kappa shape index (κ3) is 3.72. The standard InChI is InChI=1S/C22H23ClN2O4S/c1-13(30-12-14-10-15(23)19-18(11-14)28-8-9-29-19)20(26)25-17-7-5-4-6-16(17)24-21(27)22(25,2)3/h4-7,10-11,13H,8-9,12H2,1-3H3,(H,24,27)/t13-/m0/s1. The monoisotopic (exact) mass is 446 g/mol. The molecule has 0 unspecified atom stereocenters. The summed E-state index contributed by atoms with van der Waals surface area (Å²) in [6.07, 6.45) is 0. The lowest BCUT2D eigenvalue weighted by atomic mass is 9.96. The first-order chi connectivity index (χ1) is 14.3. The van der Waals surface area contributed by atoms with E-state index < -0.39 is 5.54 Å². The molecule has 8 heteroatoms. The second-order valence-corrected chi connectivity index (χ2v) is 9.50. The number of halogens is 1. The number of thioether (sulfide) groups is 1. The lowest BCUT2D eigenvalue weighted by Gasteiger charge is -2.43. The Bertz CT molecular complexity index is 1010. The second-order valence-electron chi connectivity index (χ2n) is 7.76. The Hall–Kier alpha value is -2.38. The number of benzene rings is 2. The number of nitrogens with zero attached hydrogens (tertiary/aromatic N) is 1. The van der Waals surface area contributed by atoms with E-state index >= 15 is 0 Å². The minimum atomic E-state index is -0.986. The molecule has 0 radical (unpaired) electrons. The Morgan fingerprint density at radius 2 is 2.00 bits per heavy atom. The van der Waals surface area contributed by atoms with E-state index in [4.69, 9.17) is 21.1 Å². The molecule has 0 saturated heterocycles. The Morgan fingerprint density at radius 1 is 1.27 bits per heavy atom. The van der Waals surface area contributed by atoms with Gasteiger partial charge in [0.2, 0.25) is 11.8 Å². The van der Waals surface area contributed by atoms with Gasteiger partial charge in [-0.15, -0.1) is 11.8 Å². The summed E-state index contributed by atoms with van der Waals surface area (Å²) in [6.45, 7) is 6.34. The predicted molar refractivity (Wildman–Crippen MR) is 120 cm³/mol. The molecule has 0 spiro atoms. The van der Waals surface area contributed by atoms with Crippen LogP contribution in [0, 0.1) is 0 Å². The molecule has 0 fully saturated rings. The van der Waals surface area contributed by atoms with Gasteiger partial charge in [0.05, 0.1) is 21.6 Å². The van der Waals surface area contributed by atoms with Crippen molar-refractivity contribution in [3.05, 3.63) is 47.0 Å². The van der Waals surface area contributed by atoms with Gasteiger partial charge >= 0.3 is 0 Å². The van der Waals surface area contributed by atoms with E-state index in [9.17, 15) is 9.59 Å². The van der Waals surface area contributed by atoms with Crippen molar-refractivity contribution >= 4 is 46.6 Å². The van der Waals surface area contributed by atoms with Crippen molar-refractivity contribution in [3.8, 4) is 11.5 Å². The van der Waals surface area contributed by atoms with E-state index in [0.29, 0.717) is 46.9 Å². The number of rotatable bonds is 4. The van der Waals surface area contributed by atoms with Crippen LogP contribution in [-0.4, -0.2) is 35.8 Å². The van der Waals surface area contributed by atoms with Gasteiger partial charge < -0.3 is 14.8 Å². The zero-order valence-corrected chi connectivity index (χ0v) is 18.6. The van der Waals surface area contributed by atoms with E-state index in [2.05, 4.69) is 5.32 Å². The third-order valence-electron chi connectivity index (χ3n) is 5.23. The minimum absolute atomic E-state index is 0.115. The first kappa shape index (κ1) is 20.9. The van der Waals surface area contributed by atoms with Crippen LogP contribution in [0.25, 0.3) is 0 Å². The SMILES string of the molecule is C[C@H](SCc1cc(Cl)c2c(c1)OCCO2)C(=O)N1c2ccccc2NC(=O)C1(C)C. The predicted octanol–water partition coefficient (Wildman–Crippen LogP) is 4.50. The highest BCUT2D eigenvalue weighted by Crippen LogP contribution is 2.41. The molecule has 2 heterocycles. The van der Waals surface area contributed by atoms with Crippen LogP contribution in [0.1, 0.15) is 26.3 Å². The van der Waals surface area contributed by atoms with Crippen LogP contribution in [0.2, 0.25) is 5.02 Å². The topological polar surface area (TPSA) is 67.9 Å². The summed E-state index contributed by atoms with van der Waals surface area (Å²) in [4.78, 5) is 27.6. The molecule has 2 aliphatic rings. The fourth-order valence-corrected chi connectivity index (χ4v) is 4.71. The summed E-state index contributed by atoms with van der Waals surface area (Å²) in [6, 6.07) is 11.1. The van der Waals surface area contributed by atoms with Crippen LogP contribution in [0.4, 0.5) is 11.4 Å². The number of fused-ring (bicyclic) bond motifs is 2. The fraction of sp³-hybridized carbons (Fsp3) is 0.364. The van der Waals surface area contributed by atoms with Crippen molar-refractivity contribution in [2.75, 3.05) is 23.4 Å². The Labute approximate surface area is 184 Å². The Balaban J connectivity index is 1.53. The van der Waals surface area contributed by atoms with Gasteiger partial charge in [0.25, 0.3) is 0 Å². The maximum atomic E-state index is 13.4. The average molecular weight is 447 g/mol. The van der Waals surface area contributed by atoms with Gasteiger partial charge in [0.1, 0.15) is 18.8 Å². The molecule has 1 atom stereocenters. The number of anilines is 2. The molecule has 2 amide bonds. The molecule has 0 aromatic heterocycles. The molecule has 2 aromatic carbocycles. The number of amides is 2. The molecule has 2 aromatic rings. The van der Waals surface area contributed by atoms with Crippen molar-refractivity contribution in [1.82, 2.24) is 0 Å². The van der Waals surface area contributed by atoms with E-state index in [0.717, 1.165) is 5.56 Å². The van der Waals surface area contributed by atoms with Crippen molar-refractivity contribution < 1.29 is 19.1 Å². The average Bonchev–Trinajstić information content (AvgIpc) is 2.72. The smallest absolute Gasteiger partial charge is 0.250 e. The zero-order chi connectivity index (χ0) is 21.5. The van der Waals surface area contributed by atoms with Crippen LogP contribution in [0.15, 0.2) is 36.4 Å². The summed E-state index contributed by atoms with van der Waals surface area (Å²) in [5, 5.41) is 3.03. The highest BCUT2D eigenvalue weighted by Gasteiger charge is 2.44. The Morgan fingerprint density at radius 3 is 2.80 bits per heavy atom. The molecule has 2 aliphatic heterocycles. The van der Waals surface area contributed by atoms with Crippen LogP contribution in [-0.2, 0) is 15.3 Å². The van der Waals surface area contributed by atoms with Gasteiger partial charge in [-0.05, 0) is 50.6 Å². The van der Waals surface area contributed by atoms with Crippen molar-refractivity contribution in [2.24, 2.45) is 0 Å². The van der Waals surface area contributed by atoms with Crippen LogP contribution in [0.3, 0.4) is 0 Å². The molecule has 4 rings (SSSR count). The van der Waals surface area contributed by atoms with E-state index in [1.165, 1.54) is 11.8 Å². The molecule has 0 bridgehead atoms. The largest absolute Gasteiger partial charge is 0.486 e. The zero-order valence-electron chi connectivity index (χ0n) is 17.0. The summed E-state index contributed by atoms with van der Waals surface area (Å²) in [5.41, 5.74) is 1.32.